The van der Waals surface area contributed by atoms with Crippen molar-refractivity contribution in [3.8, 4) is 33.8 Å². The van der Waals surface area contributed by atoms with E-state index in [-0.39, 0.29) is 40.8 Å². The molecule has 11 aromatic rings. The zero-order chi connectivity index (χ0) is 103. The van der Waals surface area contributed by atoms with E-state index in [9.17, 15) is 41.7 Å². The molecule has 0 unspecified atom stereocenters. The second-order valence-electron chi connectivity index (χ2n) is 42.0. The predicted octanol–water partition coefficient (Wildman–Crippen LogP) is 33.7. The Morgan fingerprint density at radius 3 is 0.950 bits per heavy atom. The first-order chi connectivity index (χ1) is 66.3. The molecule has 0 spiro atoms. The second kappa shape index (κ2) is 52.0. The number of hydrogen-bond acceptors (Lipinski definition) is 7. The average Bonchev–Trinajstić information content (AvgIpc) is 1.44. The number of fused-ring (bicyclic) bond motifs is 4. The van der Waals surface area contributed by atoms with Gasteiger partial charge in [-0.1, -0.05) is 103 Å². The second-order valence-corrected chi connectivity index (χ2v) is 50.1. The SMILES string of the molecule is CC(C)(O)C(F)(F)F.CC(C)([CH]=[Mo]=[N]C12CC3CC(CC(C3)C1)C2)c1ccccc1.Cc1c(Br)cc2c(c1-c1c(O)c(Br)cc3c1CCCC3)CCCC2.Cc1ccc(C)[n-]1.Cc1ccc(C)[n-]1.Cc1cccc(C)c1[N]=[Mo]=[CH]C(C)(C)c1ccccc1.Cc1cccc(C)c1[N]=[Mo]=[CH]C(C)(C)c1ccccc1.OCc1c(Br)cc2c(c1-c1c(O)c(Br)cc3c1CCCC3)CCCC2.[CH2-]C(C)(C)C(F)(F)F. The Balaban J connectivity index is 0.000000169. The third-order valence-electron chi connectivity index (χ3n) is 27.7. The summed E-state index contributed by atoms with van der Waals surface area (Å²) < 4.78 is 94.7. The summed E-state index contributed by atoms with van der Waals surface area (Å²) in [5.74, 6) is 3.80. The Labute approximate surface area is 894 Å². The number of aliphatic hydroxyl groups is 2. The number of aliphatic hydroxyl groups excluding tert-OH is 1. The molecule has 4 N–H and O–H groups in total. The zero-order valence-corrected chi connectivity index (χ0v) is 98.1. The Morgan fingerprint density at radius 2 is 0.660 bits per heavy atom. The average molecular weight is 2430 g/mol. The summed E-state index contributed by atoms with van der Waals surface area (Å²) in [4.78, 5) is 8.22. The Morgan fingerprint density at radius 1 is 0.383 bits per heavy atom. The van der Waals surface area contributed by atoms with Crippen molar-refractivity contribution in [3.05, 3.63) is 318 Å². The zero-order valence-electron chi connectivity index (χ0n) is 85.7. The largest absolute Gasteiger partial charge is 0.506 e. The topological polar surface area (TPSA) is 146 Å². The van der Waals surface area contributed by atoms with Crippen LogP contribution in [0.2, 0.25) is 0 Å². The number of rotatable bonds is 12. The molecule has 9 nitrogen and oxygen atoms in total. The molecule has 9 aromatic carbocycles. The molecule has 4 saturated carbocycles. The number of benzene rings is 9. The molecule has 0 saturated heterocycles. The van der Waals surface area contributed by atoms with Crippen LogP contribution in [0.1, 0.15) is 276 Å². The summed E-state index contributed by atoms with van der Waals surface area (Å²) in [7, 11) is 0. The minimum absolute atomic E-state index is 0.0239. The van der Waals surface area contributed by atoms with Gasteiger partial charge in [0.2, 0.25) is 0 Å². The van der Waals surface area contributed by atoms with Crippen LogP contribution in [0, 0.1) is 92.4 Å². The van der Waals surface area contributed by atoms with Gasteiger partial charge in [-0.05, 0) is 246 Å². The molecule has 8 aliphatic carbocycles. The molecule has 4 bridgehead atoms. The standard InChI is InChI=1S/C21H22Br2O2.C21H22Br2O.C10H15N.3C10H12.2C8H9N.2C6H8N.C5H8F3.C4H7F3O.3Mo/c22-17-9-12-5-1-3-7-14(12)19(16(17)11-24)20-15-8-4-2-6-13(15)10-18(23)21(20)25;1-12-17(22)10-13-6-2-4-8-15(13)19(12)20-16-9-5-3-7-14(16)11-18(23)21(20)24;11-10-4-7-1-8(5-10)3-9(2-7)6-10;3*1-10(2,3)9-7-5-4-6-8-9;2*1-6-4-3-5-7(2)8(6)9;2*1-5-3-4-6(2)7-5;1-4(2,3)5(6,7)8;1-3(2,8)4(5,6)7;;;/h9-10,24-25H,1-8,11H2;10-11,24H,2-9H2,1H3;7-9H,1-6H2;3*1,4-8H,2-3H3;2*3-5H,1-2H3;2*3-4H,1-2H3;1H2,2-3H3;8H,1-2H3;;;/q;;;;;;;;3*-1;;;;. The fraction of sp³-hybridized carbons (Fsp3) is 0.445. The Hall–Kier alpha value is -6.37. The van der Waals surface area contributed by atoms with Gasteiger partial charge in [0.05, 0.1) is 15.6 Å². The molecule has 19 rings (SSSR count). The van der Waals surface area contributed by atoms with Gasteiger partial charge in [0.1, 0.15) is 11.5 Å². The van der Waals surface area contributed by atoms with Crippen LogP contribution in [0.5, 0.6) is 11.5 Å². The van der Waals surface area contributed by atoms with Gasteiger partial charge in [-0.15, -0.1) is 0 Å². The number of phenolic OH excluding ortho intramolecular Hbond substituents is 2. The van der Waals surface area contributed by atoms with Crippen LogP contribution in [0.25, 0.3) is 22.3 Å². The molecule has 0 amide bonds. The van der Waals surface area contributed by atoms with E-state index in [1.54, 1.807) is 0 Å². The van der Waals surface area contributed by atoms with Crippen molar-refractivity contribution in [1.82, 2.24) is 9.97 Å². The molecule has 4 fully saturated rings. The van der Waals surface area contributed by atoms with Gasteiger partial charge in [-0.3, -0.25) is 0 Å². The van der Waals surface area contributed by atoms with Gasteiger partial charge in [0.15, 0.2) is 5.60 Å². The van der Waals surface area contributed by atoms with Gasteiger partial charge in [-0.25, -0.2) is 0 Å². The van der Waals surface area contributed by atoms with Crippen molar-refractivity contribution < 1.29 is 101 Å². The third kappa shape index (κ3) is 32.6. The van der Waals surface area contributed by atoms with Gasteiger partial charge in [0.25, 0.3) is 0 Å². The van der Waals surface area contributed by atoms with Crippen LogP contribution in [0.15, 0.2) is 204 Å². The first kappa shape index (κ1) is 117. The number of alkyl halides is 6. The molecule has 0 radical (unpaired) electrons. The number of hydrogen-bond donors (Lipinski definition) is 4. The molecule has 0 atom stereocenters. The van der Waals surface area contributed by atoms with E-state index < -0.39 is 59.2 Å². The summed E-state index contributed by atoms with van der Waals surface area (Å²) in [6.07, 6.45) is 18.5. The van der Waals surface area contributed by atoms with Gasteiger partial charge >= 0.3 is 415 Å². The van der Waals surface area contributed by atoms with Crippen molar-refractivity contribution in [1.29, 1.82) is 0 Å². The molecule has 2 heterocycles. The van der Waals surface area contributed by atoms with E-state index in [0.29, 0.717) is 30.9 Å². The van der Waals surface area contributed by atoms with Crippen LogP contribution in [0.3, 0.4) is 0 Å². The predicted molar refractivity (Wildman–Crippen MR) is 577 cm³/mol. The number of aromatic nitrogens is 2. The van der Waals surface area contributed by atoms with E-state index >= 15 is 0 Å². The third-order valence-corrected chi connectivity index (χ3v) is 38.2. The summed E-state index contributed by atoms with van der Waals surface area (Å²) in [5.41, 5.74) is 30.1. The first-order valence-electron chi connectivity index (χ1n) is 49.4. The maximum atomic E-state index is 11.5. The fourth-order valence-corrected chi connectivity index (χ4v) is 28.1. The van der Waals surface area contributed by atoms with Crippen molar-refractivity contribution in [2.24, 2.45) is 33.7 Å². The summed E-state index contributed by atoms with van der Waals surface area (Å²) in [6, 6.07) is 61.8. The van der Waals surface area contributed by atoms with Gasteiger partial charge in [0, 0.05) is 20.1 Å². The summed E-state index contributed by atoms with van der Waals surface area (Å²) in [6.45, 7) is 38.9. The van der Waals surface area contributed by atoms with E-state index in [0.717, 1.165) is 148 Å². The number of aromatic hydroxyl groups is 2. The van der Waals surface area contributed by atoms with Crippen LogP contribution >= 0.6 is 63.7 Å². The first-order valence-corrected chi connectivity index (χ1v) is 58.8. The number of halogens is 10. The van der Waals surface area contributed by atoms with Crippen molar-refractivity contribution in [2.45, 2.75) is 319 Å². The minimum atomic E-state index is -4.51. The molecule has 2 aromatic heterocycles. The van der Waals surface area contributed by atoms with E-state index in [2.05, 4.69) is 322 Å². The molecule has 0 aliphatic heterocycles. The van der Waals surface area contributed by atoms with Crippen LogP contribution < -0.4 is 9.97 Å². The van der Waals surface area contributed by atoms with Crippen molar-refractivity contribution in [2.75, 3.05) is 0 Å². The molecular formula is C119H144Br4F6Mo3N5O4-3. The molecule has 22 heteroatoms. The Kier molecular flexibility index (Phi) is 43.0. The van der Waals surface area contributed by atoms with Crippen LogP contribution in [0.4, 0.5) is 37.7 Å². The minimum Gasteiger partial charge on any atom is -0.506 e. The quantitative estimate of drug-likeness (QED) is 0.0544. The van der Waals surface area contributed by atoms with E-state index in [1.165, 1.54) is 194 Å². The summed E-state index contributed by atoms with van der Waals surface area (Å²) >= 11 is 13.3. The van der Waals surface area contributed by atoms with E-state index in [4.69, 9.17) is 15.6 Å². The maximum absolute atomic E-state index is 11.5. The monoisotopic (exact) mass is 2430 g/mol. The number of phenols is 2. The number of aryl methyl sites for hydroxylation is 12. The molecule has 8 aliphatic rings. The molecule has 141 heavy (non-hydrogen) atoms. The normalized spacial score (nSPS) is 17.1. The fourth-order valence-electron chi connectivity index (χ4n) is 19.7. The van der Waals surface area contributed by atoms with E-state index in [1.807, 2.05) is 52.0 Å². The molecule has 760 valence electrons. The van der Waals surface area contributed by atoms with Crippen molar-refractivity contribution in [3.63, 3.8) is 0 Å². The molecular weight excluding hydrogens is 2280 g/mol. The van der Waals surface area contributed by atoms with Crippen LogP contribution in [-0.4, -0.2) is 57.1 Å². The van der Waals surface area contributed by atoms with Crippen molar-refractivity contribution >= 4 is 88.3 Å². The Bertz CT molecular complexity index is 5880. The number of nitrogens with zero attached hydrogens (tertiary/aromatic N) is 5. The summed E-state index contributed by atoms with van der Waals surface area (Å²) in [5, 5.41) is 40.3. The maximum Gasteiger partial charge on any atom is 0.367 e. The van der Waals surface area contributed by atoms with Gasteiger partial charge < -0.3 is 37.3 Å². The van der Waals surface area contributed by atoms with Gasteiger partial charge in [-0.2, -0.15) is 49.1 Å². The smallest absolute Gasteiger partial charge is 0.367 e. The van der Waals surface area contributed by atoms with Crippen LogP contribution in [-0.2, 0) is 128 Å².